The van der Waals surface area contributed by atoms with Gasteiger partial charge < -0.3 is 0 Å². The van der Waals surface area contributed by atoms with Gasteiger partial charge in [-0.3, -0.25) is 0 Å². The van der Waals surface area contributed by atoms with E-state index in [4.69, 9.17) is 5.14 Å². The third-order valence-corrected chi connectivity index (χ3v) is 4.69. The Kier molecular flexibility index (Phi) is 6.23. The van der Waals surface area contributed by atoms with Gasteiger partial charge in [0, 0.05) is 5.56 Å². The van der Waals surface area contributed by atoms with Gasteiger partial charge in [0.25, 0.3) is 0 Å². The summed E-state index contributed by atoms with van der Waals surface area (Å²) < 4.78 is 63.2. The SMILES string of the molecule is Cc1ccc(-c2cc(C(F)(F)F)nn2-c2ccc(S(N)(=O)=O)cc2)cc1.[NaH]. The summed E-state index contributed by atoms with van der Waals surface area (Å²) in [6, 6.07) is 13.1. The molecule has 1 aromatic heterocycles. The van der Waals surface area contributed by atoms with E-state index in [9.17, 15) is 21.6 Å². The summed E-state index contributed by atoms with van der Waals surface area (Å²) in [4.78, 5) is -0.138. The van der Waals surface area contributed by atoms with Crippen LogP contribution in [0.2, 0.25) is 0 Å². The van der Waals surface area contributed by atoms with Gasteiger partial charge in [-0.25, -0.2) is 18.2 Å². The molecule has 10 heteroatoms. The predicted molar refractivity (Wildman–Crippen MR) is 97.3 cm³/mol. The van der Waals surface area contributed by atoms with Crippen LogP contribution in [0.25, 0.3) is 16.9 Å². The number of rotatable bonds is 3. The number of halogens is 3. The number of aromatic nitrogens is 2. The fraction of sp³-hybridized carbons (Fsp3) is 0.118. The van der Waals surface area contributed by atoms with E-state index in [1.165, 1.54) is 24.3 Å². The van der Waals surface area contributed by atoms with Crippen molar-refractivity contribution in [3.05, 3.63) is 65.9 Å². The van der Waals surface area contributed by atoms with E-state index in [0.717, 1.165) is 16.3 Å². The number of primary sulfonamides is 1. The van der Waals surface area contributed by atoms with Crippen molar-refractivity contribution in [3.8, 4) is 16.9 Å². The summed E-state index contributed by atoms with van der Waals surface area (Å²) in [6.07, 6.45) is -4.61. The Balaban J connectivity index is 0.00000261. The van der Waals surface area contributed by atoms with E-state index >= 15 is 0 Å². The Morgan fingerprint density at radius 2 is 1.56 bits per heavy atom. The number of hydrogen-bond acceptors (Lipinski definition) is 3. The third kappa shape index (κ3) is 4.80. The molecule has 0 saturated carbocycles. The molecule has 5 nitrogen and oxygen atoms in total. The van der Waals surface area contributed by atoms with Gasteiger partial charge >= 0.3 is 35.7 Å². The van der Waals surface area contributed by atoms with Gasteiger partial charge in [0.15, 0.2) is 5.69 Å². The molecular weight excluding hydrogens is 390 g/mol. The summed E-state index contributed by atoms with van der Waals surface area (Å²) in [5, 5.41) is 8.70. The van der Waals surface area contributed by atoms with Crippen molar-refractivity contribution < 1.29 is 21.6 Å². The Morgan fingerprint density at radius 3 is 2.04 bits per heavy atom. The van der Waals surface area contributed by atoms with Crippen molar-refractivity contribution in [1.29, 1.82) is 0 Å². The third-order valence-electron chi connectivity index (χ3n) is 3.76. The number of alkyl halides is 3. The van der Waals surface area contributed by atoms with Crippen LogP contribution in [0.5, 0.6) is 0 Å². The van der Waals surface area contributed by atoms with Crippen LogP contribution in [0.4, 0.5) is 13.2 Å². The Bertz CT molecular complexity index is 1040. The molecule has 0 radical (unpaired) electrons. The van der Waals surface area contributed by atoms with Crippen LogP contribution in [0, 0.1) is 6.92 Å². The van der Waals surface area contributed by atoms with Gasteiger partial charge in [-0.15, -0.1) is 0 Å². The van der Waals surface area contributed by atoms with Crippen LogP contribution in [0.15, 0.2) is 59.5 Å². The quantitative estimate of drug-likeness (QED) is 0.681. The summed E-state index contributed by atoms with van der Waals surface area (Å²) >= 11 is 0. The normalized spacial score (nSPS) is 11.9. The summed E-state index contributed by atoms with van der Waals surface area (Å²) in [5.41, 5.74) is 0.996. The molecule has 27 heavy (non-hydrogen) atoms. The predicted octanol–water partition coefficient (Wildman–Crippen LogP) is 2.87. The van der Waals surface area contributed by atoms with Crippen LogP contribution in [-0.4, -0.2) is 47.8 Å². The zero-order valence-electron chi connectivity index (χ0n) is 13.5. The molecule has 3 aromatic rings. The first-order valence-electron chi connectivity index (χ1n) is 7.43. The number of aryl methyl sites for hydroxylation is 1. The molecule has 138 valence electrons. The molecule has 0 unspecified atom stereocenters. The van der Waals surface area contributed by atoms with Crippen molar-refractivity contribution in [3.63, 3.8) is 0 Å². The van der Waals surface area contributed by atoms with E-state index in [1.54, 1.807) is 24.3 Å². The monoisotopic (exact) mass is 405 g/mol. The van der Waals surface area contributed by atoms with Gasteiger partial charge in [0.05, 0.1) is 16.3 Å². The van der Waals surface area contributed by atoms with Crippen molar-refractivity contribution in [1.82, 2.24) is 9.78 Å². The van der Waals surface area contributed by atoms with Gasteiger partial charge in [0.1, 0.15) is 0 Å². The molecule has 0 saturated heterocycles. The van der Waals surface area contributed by atoms with Crippen LogP contribution in [0.3, 0.4) is 0 Å². The first-order chi connectivity index (χ1) is 12.1. The standard InChI is InChI=1S/C17H14F3N3O2S.Na.H/c1-11-2-4-12(5-3-11)15-10-16(17(18,19)20)22-23(15)13-6-8-14(9-7-13)26(21,24)25;;/h2-10H,1H3,(H2,21,24,25);;. The molecule has 3 rings (SSSR count). The summed E-state index contributed by atoms with van der Waals surface area (Å²) in [6.45, 7) is 1.87. The molecule has 0 aliphatic rings. The maximum atomic E-state index is 13.1. The van der Waals surface area contributed by atoms with Crippen molar-refractivity contribution in [2.45, 2.75) is 18.0 Å². The molecule has 0 atom stereocenters. The van der Waals surface area contributed by atoms with Gasteiger partial charge in [-0.1, -0.05) is 29.8 Å². The van der Waals surface area contributed by atoms with Gasteiger partial charge in [0.2, 0.25) is 10.0 Å². The number of benzene rings is 2. The van der Waals surface area contributed by atoms with Crippen molar-refractivity contribution in [2.75, 3.05) is 0 Å². The molecule has 2 N–H and O–H groups in total. The minimum atomic E-state index is -4.61. The zero-order chi connectivity index (χ0) is 19.1. The summed E-state index contributed by atoms with van der Waals surface area (Å²) in [7, 11) is -3.90. The summed E-state index contributed by atoms with van der Waals surface area (Å²) in [5.74, 6) is 0. The molecule has 0 aliphatic heterocycles. The molecule has 0 aliphatic carbocycles. The van der Waals surface area contributed by atoms with Crippen LogP contribution in [0.1, 0.15) is 11.3 Å². The average molecular weight is 405 g/mol. The van der Waals surface area contributed by atoms with Crippen molar-refractivity contribution in [2.24, 2.45) is 5.14 Å². The van der Waals surface area contributed by atoms with Gasteiger partial charge in [-0.05, 0) is 37.3 Å². The first-order valence-corrected chi connectivity index (χ1v) is 8.98. The fourth-order valence-electron chi connectivity index (χ4n) is 2.42. The molecule has 0 spiro atoms. The number of nitrogens with two attached hydrogens (primary N) is 1. The average Bonchev–Trinajstić information content (AvgIpc) is 3.00. The number of nitrogens with zero attached hydrogens (tertiary/aromatic N) is 2. The Labute approximate surface area is 176 Å². The topological polar surface area (TPSA) is 78.0 Å². The molecular formula is C17H15F3N3NaO2S. The van der Waals surface area contributed by atoms with Crippen molar-refractivity contribution >= 4 is 39.6 Å². The van der Waals surface area contributed by atoms with Crippen LogP contribution >= 0.6 is 0 Å². The van der Waals surface area contributed by atoms with Crippen LogP contribution < -0.4 is 5.14 Å². The number of hydrogen-bond donors (Lipinski definition) is 1. The maximum absolute atomic E-state index is 13.1. The zero-order valence-corrected chi connectivity index (χ0v) is 14.3. The Hall–Kier alpha value is -1.65. The minimum absolute atomic E-state index is 0. The van der Waals surface area contributed by atoms with E-state index < -0.39 is 21.9 Å². The van der Waals surface area contributed by atoms with E-state index in [1.807, 2.05) is 6.92 Å². The van der Waals surface area contributed by atoms with E-state index in [0.29, 0.717) is 5.56 Å². The molecule has 0 amide bonds. The first kappa shape index (κ1) is 21.6. The molecule has 0 fully saturated rings. The Morgan fingerprint density at radius 1 is 1.00 bits per heavy atom. The second-order valence-electron chi connectivity index (χ2n) is 5.73. The van der Waals surface area contributed by atoms with E-state index in [-0.39, 0.29) is 45.8 Å². The molecule has 1 heterocycles. The second-order valence-corrected chi connectivity index (χ2v) is 7.29. The fourth-order valence-corrected chi connectivity index (χ4v) is 2.94. The molecule has 2 aromatic carbocycles. The second kappa shape index (κ2) is 7.76. The van der Waals surface area contributed by atoms with Gasteiger partial charge in [-0.2, -0.15) is 18.3 Å². The van der Waals surface area contributed by atoms with E-state index in [2.05, 4.69) is 5.10 Å². The molecule has 0 bridgehead atoms. The number of sulfonamides is 1. The van der Waals surface area contributed by atoms with Crippen LogP contribution in [-0.2, 0) is 16.2 Å².